The molecular weight excluding hydrogens is 356 g/mol. The van der Waals surface area contributed by atoms with Gasteiger partial charge in [-0.25, -0.2) is 0 Å². The summed E-state index contributed by atoms with van der Waals surface area (Å²) in [7, 11) is 0. The van der Waals surface area contributed by atoms with Crippen molar-refractivity contribution in [3.63, 3.8) is 0 Å². The average Bonchev–Trinajstić information content (AvgIpc) is 2.48. The van der Waals surface area contributed by atoms with Crippen molar-refractivity contribution in [2.24, 2.45) is 0 Å². The van der Waals surface area contributed by atoms with Crippen molar-refractivity contribution in [2.75, 3.05) is 12.9 Å². The minimum atomic E-state index is -1.10. The van der Waals surface area contributed by atoms with Gasteiger partial charge in [-0.3, -0.25) is 19.2 Å². The lowest BCUT2D eigenvalue weighted by Crippen LogP contribution is -2.61. The Morgan fingerprint density at radius 3 is 1.72 bits per heavy atom. The van der Waals surface area contributed by atoms with Crippen LogP contribution in [0, 0.1) is 0 Å². The minimum absolute atomic E-state index is 0.213. The zero-order chi connectivity index (χ0) is 19.1. The Hall–Kier alpha value is -1.81. The number of hydrogen-bond donors (Lipinski definition) is 0. The topological polar surface area (TPSA) is 114 Å². The van der Waals surface area contributed by atoms with E-state index in [0.717, 1.165) is 0 Å². The van der Waals surface area contributed by atoms with Crippen LogP contribution in [0.15, 0.2) is 0 Å². The van der Waals surface area contributed by atoms with Crippen LogP contribution in [0.4, 0.5) is 0 Å². The van der Waals surface area contributed by atoms with E-state index in [9.17, 15) is 19.2 Å². The van der Waals surface area contributed by atoms with E-state index < -0.39 is 53.7 Å². The van der Waals surface area contributed by atoms with Crippen molar-refractivity contribution in [1.29, 1.82) is 0 Å². The number of thioether (sulfide) groups is 1. The lowest BCUT2D eigenvalue weighted by atomic mass is 9.99. The van der Waals surface area contributed by atoms with Gasteiger partial charge in [0.1, 0.15) is 18.1 Å². The molecule has 1 aliphatic rings. The normalized spacial score (nSPS) is 28.6. The van der Waals surface area contributed by atoms with Crippen LogP contribution in [0.25, 0.3) is 0 Å². The minimum Gasteiger partial charge on any atom is -0.463 e. The van der Waals surface area contributed by atoms with E-state index >= 15 is 0 Å². The first-order valence-corrected chi connectivity index (χ1v) is 8.77. The zero-order valence-corrected chi connectivity index (χ0v) is 15.5. The summed E-state index contributed by atoms with van der Waals surface area (Å²) in [5, 5.41) is 0. The van der Waals surface area contributed by atoms with Gasteiger partial charge in [0.15, 0.2) is 18.3 Å². The molecule has 0 aliphatic carbocycles. The predicted octanol–water partition coefficient (Wildman–Crippen LogP) is 0.432. The van der Waals surface area contributed by atoms with E-state index in [2.05, 4.69) is 0 Å². The Kier molecular flexibility index (Phi) is 8.17. The van der Waals surface area contributed by atoms with Gasteiger partial charge in [0, 0.05) is 27.7 Å². The van der Waals surface area contributed by atoms with E-state index in [1.165, 1.54) is 39.5 Å². The Morgan fingerprint density at radius 2 is 1.28 bits per heavy atom. The molecule has 1 heterocycles. The lowest BCUT2D eigenvalue weighted by molar-refractivity contribution is -0.237. The second-order valence-corrected chi connectivity index (χ2v) is 6.24. The molecule has 1 fully saturated rings. The van der Waals surface area contributed by atoms with E-state index in [4.69, 9.17) is 23.7 Å². The van der Waals surface area contributed by atoms with Crippen LogP contribution in [0.2, 0.25) is 0 Å². The summed E-state index contributed by atoms with van der Waals surface area (Å²) in [6, 6.07) is 0. The third-order valence-electron chi connectivity index (χ3n) is 3.18. The average molecular weight is 378 g/mol. The first-order valence-electron chi connectivity index (χ1n) is 7.49. The highest BCUT2D eigenvalue weighted by Gasteiger charge is 2.51. The molecule has 0 aromatic heterocycles. The first-order chi connectivity index (χ1) is 11.6. The van der Waals surface area contributed by atoms with E-state index in [1.807, 2.05) is 0 Å². The summed E-state index contributed by atoms with van der Waals surface area (Å²) >= 11 is 1.21. The van der Waals surface area contributed by atoms with Gasteiger partial charge in [-0.1, -0.05) is 0 Å². The monoisotopic (exact) mass is 378 g/mol. The number of ether oxygens (including phenoxy) is 5. The number of carbonyl (C=O) groups is 4. The second kappa shape index (κ2) is 9.62. The van der Waals surface area contributed by atoms with Gasteiger partial charge in [0.05, 0.1) is 0 Å². The Bertz CT molecular complexity index is 521. The molecule has 0 spiro atoms. The van der Waals surface area contributed by atoms with Gasteiger partial charge >= 0.3 is 23.9 Å². The fourth-order valence-corrected chi connectivity index (χ4v) is 3.11. The van der Waals surface area contributed by atoms with Crippen molar-refractivity contribution in [3.05, 3.63) is 0 Å². The van der Waals surface area contributed by atoms with Gasteiger partial charge in [-0.15, -0.1) is 11.8 Å². The number of carbonyl (C=O) groups excluding carboxylic acids is 4. The summed E-state index contributed by atoms with van der Waals surface area (Å²) in [5.41, 5.74) is -0.708. The molecule has 142 valence electrons. The number of hydrogen-bond acceptors (Lipinski definition) is 10. The SMILES string of the molecule is CS[C@H]1OC(COC(C)=O)[C@@H](OC(C)=O)C(OC(C)=O)C1OC(C)=O. The van der Waals surface area contributed by atoms with Gasteiger partial charge in [0.25, 0.3) is 0 Å². The molecule has 10 heteroatoms. The first kappa shape index (κ1) is 21.2. The van der Waals surface area contributed by atoms with E-state index in [-0.39, 0.29) is 6.61 Å². The summed E-state index contributed by atoms with van der Waals surface area (Å²) < 4.78 is 26.4. The Labute approximate surface area is 149 Å². The third kappa shape index (κ3) is 6.54. The summed E-state index contributed by atoms with van der Waals surface area (Å²) in [5.74, 6) is -2.45. The van der Waals surface area contributed by atoms with E-state index in [0.29, 0.717) is 0 Å². The third-order valence-corrected chi connectivity index (χ3v) is 4.02. The van der Waals surface area contributed by atoms with Crippen LogP contribution in [-0.2, 0) is 42.9 Å². The molecule has 0 aromatic rings. The molecule has 1 rings (SSSR count). The molecule has 0 N–H and O–H groups in total. The number of esters is 4. The molecule has 0 amide bonds. The van der Waals surface area contributed by atoms with Crippen molar-refractivity contribution in [2.45, 2.75) is 57.5 Å². The van der Waals surface area contributed by atoms with Gasteiger partial charge in [-0.05, 0) is 6.26 Å². The van der Waals surface area contributed by atoms with Gasteiger partial charge in [-0.2, -0.15) is 0 Å². The highest BCUT2D eigenvalue weighted by molar-refractivity contribution is 7.99. The standard InChI is InChI=1S/C15H22O9S/c1-7(16)20-6-11-12(21-8(2)17)13(22-9(3)18)14(23-10(4)19)15(24-11)25-5/h11-15H,6H2,1-5H3/t11?,12-,13?,14?,15-/m1/s1. The second-order valence-electron chi connectivity index (χ2n) is 5.30. The molecule has 0 saturated carbocycles. The van der Waals surface area contributed by atoms with Crippen LogP contribution < -0.4 is 0 Å². The maximum absolute atomic E-state index is 11.5. The predicted molar refractivity (Wildman–Crippen MR) is 85.5 cm³/mol. The van der Waals surface area contributed by atoms with E-state index in [1.54, 1.807) is 6.26 Å². The molecule has 1 saturated heterocycles. The summed E-state index contributed by atoms with van der Waals surface area (Å²) in [6.07, 6.45) is -2.37. The molecule has 0 bridgehead atoms. The van der Waals surface area contributed by atoms with Gasteiger partial charge < -0.3 is 23.7 Å². The van der Waals surface area contributed by atoms with Crippen LogP contribution in [0.5, 0.6) is 0 Å². The number of rotatable bonds is 6. The van der Waals surface area contributed by atoms with Crippen LogP contribution in [0.3, 0.4) is 0 Å². The molecule has 0 aromatic carbocycles. The maximum atomic E-state index is 11.5. The zero-order valence-electron chi connectivity index (χ0n) is 14.7. The Morgan fingerprint density at radius 1 is 0.800 bits per heavy atom. The summed E-state index contributed by atoms with van der Waals surface area (Å²) in [6.45, 7) is 4.57. The molecule has 9 nitrogen and oxygen atoms in total. The molecule has 5 atom stereocenters. The van der Waals surface area contributed by atoms with Crippen LogP contribution >= 0.6 is 11.8 Å². The highest BCUT2D eigenvalue weighted by atomic mass is 32.2. The molecule has 25 heavy (non-hydrogen) atoms. The van der Waals surface area contributed by atoms with Crippen LogP contribution in [-0.4, -0.2) is 66.6 Å². The molecular formula is C15H22O9S. The lowest BCUT2D eigenvalue weighted by Gasteiger charge is -2.43. The Balaban J connectivity index is 3.18. The smallest absolute Gasteiger partial charge is 0.303 e. The quantitative estimate of drug-likeness (QED) is 0.476. The fourth-order valence-electron chi connectivity index (χ4n) is 2.38. The molecule has 1 aliphatic heterocycles. The molecule has 0 radical (unpaired) electrons. The van der Waals surface area contributed by atoms with Crippen molar-refractivity contribution in [1.82, 2.24) is 0 Å². The van der Waals surface area contributed by atoms with Crippen molar-refractivity contribution >= 4 is 35.6 Å². The molecule has 3 unspecified atom stereocenters. The maximum Gasteiger partial charge on any atom is 0.303 e. The van der Waals surface area contributed by atoms with Gasteiger partial charge in [0.2, 0.25) is 0 Å². The van der Waals surface area contributed by atoms with Crippen molar-refractivity contribution in [3.8, 4) is 0 Å². The highest BCUT2D eigenvalue weighted by Crippen LogP contribution is 2.33. The summed E-state index contributed by atoms with van der Waals surface area (Å²) in [4.78, 5) is 45.5. The fraction of sp³-hybridized carbons (Fsp3) is 0.733. The largest absolute Gasteiger partial charge is 0.463 e. The van der Waals surface area contributed by atoms with Crippen molar-refractivity contribution < 1.29 is 42.9 Å². The van der Waals surface area contributed by atoms with Crippen LogP contribution in [0.1, 0.15) is 27.7 Å².